The molecule has 1 aromatic heterocycles. The van der Waals surface area contributed by atoms with E-state index in [1.165, 1.54) is 13.3 Å². The maximum absolute atomic E-state index is 12.8. The van der Waals surface area contributed by atoms with Gasteiger partial charge in [-0.3, -0.25) is 10.1 Å². The van der Waals surface area contributed by atoms with E-state index in [4.69, 9.17) is 16.3 Å². The quantitative estimate of drug-likeness (QED) is 0.635. The molecule has 0 aliphatic heterocycles. The van der Waals surface area contributed by atoms with Crippen LogP contribution in [0.2, 0.25) is 5.02 Å². The Morgan fingerprint density at radius 2 is 2.08 bits per heavy atom. The number of hydrogen-bond acceptors (Lipinski definition) is 5. The van der Waals surface area contributed by atoms with Gasteiger partial charge in [-0.25, -0.2) is 4.98 Å². The lowest BCUT2D eigenvalue weighted by Crippen LogP contribution is -2.09. The summed E-state index contributed by atoms with van der Waals surface area (Å²) in [5.41, 5.74) is -1.43. The third-order valence-electron chi connectivity index (χ3n) is 3.08. The Bertz CT molecular complexity index is 751. The molecule has 24 heavy (non-hydrogen) atoms. The molecule has 0 radical (unpaired) electrons. The molecular formula is C14H11ClF3N3O3. The first kappa shape index (κ1) is 17.8. The van der Waals surface area contributed by atoms with E-state index in [1.807, 2.05) is 0 Å². The van der Waals surface area contributed by atoms with Crippen LogP contribution in [0.3, 0.4) is 0 Å². The number of hydrogen-bond donors (Lipinski definition) is 1. The molecule has 0 unspecified atom stereocenters. The van der Waals surface area contributed by atoms with Gasteiger partial charge in [0.1, 0.15) is 5.69 Å². The lowest BCUT2D eigenvalue weighted by molar-refractivity contribution is -0.384. The van der Waals surface area contributed by atoms with E-state index in [1.54, 1.807) is 12.1 Å². The van der Waals surface area contributed by atoms with Crippen LogP contribution >= 0.6 is 11.6 Å². The van der Waals surface area contributed by atoms with Gasteiger partial charge in [-0.15, -0.1) is 0 Å². The fourth-order valence-corrected chi connectivity index (χ4v) is 2.18. The van der Waals surface area contributed by atoms with Gasteiger partial charge >= 0.3 is 6.18 Å². The zero-order chi connectivity index (χ0) is 17.9. The Hall–Kier alpha value is -2.55. The van der Waals surface area contributed by atoms with Crippen molar-refractivity contribution in [2.75, 3.05) is 12.4 Å². The lowest BCUT2D eigenvalue weighted by atomic mass is 10.1. The number of nitrogens with one attached hydrogen (secondary N) is 1. The topological polar surface area (TPSA) is 77.3 Å². The zero-order valence-electron chi connectivity index (χ0n) is 12.2. The van der Waals surface area contributed by atoms with Crippen molar-refractivity contribution in [3.05, 3.63) is 56.7 Å². The number of nitro groups is 1. The van der Waals surface area contributed by atoms with E-state index < -0.39 is 27.4 Å². The fraction of sp³-hybridized carbons (Fsp3) is 0.214. The smallest absolute Gasteiger partial charge is 0.418 e. The summed E-state index contributed by atoms with van der Waals surface area (Å²) < 4.78 is 43.3. The van der Waals surface area contributed by atoms with Gasteiger partial charge in [-0.05, 0) is 11.6 Å². The van der Waals surface area contributed by atoms with Crippen molar-refractivity contribution in [2.45, 2.75) is 12.7 Å². The molecule has 0 saturated heterocycles. The first-order valence-corrected chi connectivity index (χ1v) is 6.88. The summed E-state index contributed by atoms with van der Waals surface area (Å²) in [5.74, 6) is 0.391. The number of benzene rings is 1. The summed E-state index contributed by atoms with van der Waals surface area (Å²) in [6.45, 7) is 0.111. The first-order valence-electron chi connectivity index (χ1n) is 6.50. The molecule has 0 aliphatic rings. The first-order chi connectivity index (χ1) is 11.2. The fourth-order valence-electron chi connectivity index (χ4n) is 1.91. The second-order valence-corrected chi connectivity index (χ2v) is 5.07. The van der Waals surface area contributed by atoms with Crippen LogP contribution in [0, 0.1) is 10.1 Å². The molecule has 0 bridgehead atoms. The zero-order valence-corrected chi connectivity index (χ0v) is 13.0. The van der Waals surface area contributed by atoms with Gasteiger partial charge in [0.15, 0.2) is 0 Å². The molecule has 0 saturated carbocycles. The lowest BCUT2D eigenvalue weighted by Gasteiger charge is -2.12. The number of rotatable bonds is 5. The maximum atomic E-state index is 12.8. The van der Waals surface area contributed by atoms with E-state index in [-0.39, 0.29) is 12.2 Å². The van der Waals surface area contributed by atoms with Crippen molar-refractivity contribution in [3.63, 3.8) is 0 Å². The largest absolute Gasteiger partial charge is 0.481 e. The third-order valence-corrected chi connectivity index (χ3v) is 3.39. The summed E-state index contributed by atoms with van der Waals surface area (Å²) >= 11 is 5.60. The van der Waals surface area contributed by atoms with Crippen molar-refractivity contribution in [1.82, 2.24) is 4.98 Å². The number of aromatic nitrogens is 1. The van der Waals surface area contributed by atoms with Crippen molar-refractivity contribution >= 4 is 23.0 Å². The highest BCUT2D eigenvalue weighted by Gasteiger charge is 2.36. The van der Waals surface area contributed by atoms with Crippen molar-refractivity contribution < 1.29 is 22.8 Å². The van der Waals surface area contributed by atoms with Gasteiger partial charge in [-0.1, -0.05) is 17.7 Å². The Balaban J connectivity index is 2.28. The number of pyridine rings is 1. The third kappa shape index (κ3) is 4.05. The molecule has 128 valence electrons. The highest BCUT2D eigenvalue weighted by molar-refractivity contribution is 6.31. The molecule has 1 heterocycles. The molecule has 6 nitrogen and oxygen atoms in total. The van der Waals surface area contributed by atoms with E-state index in [9.17, 15) is 23.3 Å². The molecular weight excluding hydrogens is 351 g/mol. The van der Waals surface area contributed by atoms with Crippen molar-refractivity contribution in [2.24, 2.45) is 0 Å². The van der Waals surface area contributed by atoms with E-state index in [0.29, 0.717) is 17.5 Å². The van der Waals surface area contributed by atoms with E-state index in [0.717, 1.165) is 6.07 Å². The predicted molar refractivity (Wildman–Crippen MR) is 81.2 cm³/mol. The number of nitro benzene ring substituents is 1. The van der Waals surface area contributed by atoms with Crippen LogP contribution in [0.4, 0.5) is 24.5 Å². The minimum absolute atomic E-state index is 0.111. The summed E-state index contributed by atoms with van der Waals surface area (Å²) in [6.07, 6.45) is -3.30. The Morgan fingerprint density at radius 1 is 1.38 bits per heavy atom. The summed E-state index contributed by atoms with van der Waals surface area (Å²) in [4.78, 5) is 14.1. The van der Waals surface area contributed by atoms with Gasteiger partial charge in [0.2, 0.25) is 5.88 Å². The van der Waals surface area contributed by atoms with Gasteiger partial charge in [-0.2, -0.15) is 13.2 Å². The van der Waals surface area contributed by atoms with Gasteiger partial charge in [0.25, 0.3) is 5.69 Å². The summed E-state index contributed by atoms with van der Waals surface area (Å²) in [6, 6.07) is 4.55. The predicted octanol–water partition coefficient (Wildman–Crippen LogP) is 4.28. The Labute approximate surface area is 139 Å². The van der Waals surface area contributed by atoms with Gasteiger partial charge < -0.3 is 10.1 Å². The SMILES string of the molecule is COc1ccc(CNc2cc(Cl)c(C(F)(F)F)cc2[N+](=O)[O-])cn1. The molecule has 0 aliphatic carbocycles. The Kier molecular flexibility index (Phi) is 5.13. The summed E-state index contributed by atoms with van der Waals surface area (Å²) in [5, 5.41) is 13.1. The maximum Gasteiger partial charge on any atom is 0.418 e. The van der Waals surface area contributed by atoms with Gasteiger partial charge in [0, 0.05) is 24.9 Å². The highest BCUT2D eigenvalue weighted by atomic mass is 35.5. The highest BCUT2D eigenvalue weighted by Crippen LogP contribution is 2.40. The van der Waals surface area contributed by atoms with Crippen LogP contribution in [0.15, 0.2) is 30.5 Å². The van der Waals surface area contributed by atoms with Crippen LogP contribution in [-0.2, 0) is 12.7 Å². The van der Waals surface area contributed by atoms with Gasteiger partial charge in [0.05, 0.1) is 22.6 Å². The standard InChI is InChI=1S/C14H11ClF3N3O3/c1-24-13-3-2-8(7-20-13)6-19-11-5-10(15)9(14(16,17)18)4-12(11)21(22)23/h2-5,7,19H,6H2,1H3. The number of anilines is 1. The molecule has 10 heteroatoms. The van der Waals surface area contributed by atoms with Crippen LogP contribution in [-0.4, -0.2) is 17.0 Å². The van der Waals surface area contributed by atoms with Crippen LogP contribution in [0.5, 0.6) is 5.88 Å². The Morgan fingerprint density at radius 3 is 2.58 bits per heavy atom. The molecule has 1 aromatic carbocycles. The normalized spacial score (nSPS) is 11.2. The average Bonchev–Trinajstić information content (AvgIpc) is 2.51. The molecule has 0 fully saturated rings. The molecule has 0 spiro atoms. The number of halogens is 4. The number of ether oxygens (including phenoxy) is 1. The summed E-state index contributed by atoms with van der Waals surface area (Å²) in [7, 11) is 1.45. The molecule has 1 N–H and O–H groups in total. The number of nitrogens with zero attached hydrogens (tertiary/aromatic N) is 2. The second-order valence-electron chi connectivity index (χ2n) is 4.67. The molecule has 0 amide bonds. The monoisotopic (exact) mass is 361 g/mol. The number of methoxy groups -OCH3 is 1. The van der Waals surface area contributed by atoms with Crippen LogP contribution in [0.25, 0.3) is 0 Å². The molecule has 2 aromatic rings. The molecule has 2 rings (SSSR count). The van der Waals surface area contributed by atoms with Crippen LogP contribution in [0.1, 0.15) is 11.1 Å². The number of alkyl halides is 3. The van der Waals surface area contributed by atoms with E-state index >= 15 is 0 Å². The van der Waals surface area contributed by atoms with E-state index in [2.05, 4.69) is 10.3 Å². The van der Waals surface area contributed by atoms with Crippen molar-refractivity contribution in [1.29, 1.82) is 0 Å². The second kappa shape index (κ2) is 6.91. The van der Waals surface area contributed by atoms with Crippen LogP contribution < -0.4 is 10.1 Å². The molecule has 0 atom stereocenters. The minimum Gasteiger partial charge on any atom is -0.481 e. The minimum atomic E-state index is -4.78. The average molecular weight is 362 g/mol. The van der Waals surface area contributed by atoms with Crippen molar-refractivity contribution in [3.8, 4) is 5.88 Å².